The number of nitrogens with zero attached hydrogens (tertiary/aromatic N) is 1. The highest BCUT2D eigenvalue weighted by atomic mass is 16.2. The van der Waals surface area contributed by atoms with Gasteiger partial charge >= 0.3 is 0 Å². The summed E-state index contributed by atoms with van der Waals surface area (Å²) in [6, 6.07) is 16.7. The lowest BCUT2D eigenvalue weighted by Crippen LogP contribution is -2.14. The summed E-state index contributed by atoms with van der Waals surface area (Å²) in [4.78, 5) is 28.3. The van der Waals surface area contributed by atoms with Crippen LogP contribution in [0, 0.1) is 6.92 Å². The van der Waals surface area contributed by atoms with Gasteiger partial charge < -0.3 is 16.0 Å². The number of carbonyl (C=O) groups excluding carboxylic acids is 2. The molecule has 0 saturated carbocycles. The van der Waals surface area contributed by atoms with Crippen molar-refractivity contribution in [1.29, 1.82) is 0 Å². The Kier molecular flexibility index (Phi) is 6.24. The molecule has 0 unspecified atom stereocenters. The first kappa shape index (κ1) is 20.1. The predicted molar refractivity (Wildman–Crippen MR) is 117 cm³/mol. The maximum absolute atomic E-state index is 12.8. The molecule has 0 saturated heterocycles. The van der Waals surface area contributed by atoms with Gasteiger partial charge in [-0.05, 0) is 54.8 Å². The van der Waals surface area contributed by atoms with E-state index < -0.39 is 0 Å². The average molecular weight is 388 g/mol. The molecule has 2 aromatic carbocycles. The van der Waals surface area contributed by atoms with E-state index in [1.807, 2.05) is 37.3 Å². The van der Waals surface area contributed by atoms with Crippen LogP contribution in [-0.2, 0) is 11.2 Å². The molecule has 0 radical (unpaired) electrons. The zero-order chi connectivity index (χ0) is 20.8. The van der Waals surface area contributed by atoms with Crippen molar-refractivity contribution in [1.82, 2.24) is 4.98 Å². The zero-order valence-corrected chi connectivity index (χ0v) is 16.7. The molecule has 0 aliphatic heterocycles. The summed E-state index contributed by atoms with van der Waals surface area (Å²) < 4.78 is 0. The number of pyridine rings is 1. The van der Waals surface area contributed by atoms with Gasteiger partial charge in [-0.3, -0.25) is 9.59 Å². The Labute approximate surface area is 170 Å². The van der Waals surface area contributed by atoms with Crippen LogP contribution in [0.25, 0.3) is 0 Å². The van der Waals surface area contributed by atoms with Crippen LogP contribution in [0.1, 0.15) is 35.3 Å². The van der Waals surface area contributed by atoms with Crippen LogP contribution < -0.4 is 16.0 Å². The molecule has 29 heavy (non-hydrogen) atoms. The number of carbonyl (C=O) groups is 2. The van der Waals surface area contributed by atoms with Crippen molar-refractivity contribution in [2.75, 3.05) is 16.0 Å². The Balaban J connectivity index is 1.78. The molecule has 0 fully saturated rings. The van der Waals surface area contributed by atoms with E-state index in [0.717, 1.165) is 28.9 Å². The monoisotopic (exact) mass is 388 g/mol. The van der Waals surface area contributed by atoms with Crippen LogP contribution in [0.5, 0.6) is 0 Å². The van der Waals surface area contributed by atoms with Crippen molar-refractivity contribution in [3.05, 3.63) is 77.5 Å². The van der Waals surface area contributed by atoms with Gasteiger partial charge in [-0.15, -0.1) is 0 Å². The predicted octanol–water partition coefficient (Wildman–Crippen LogP) is 4.91. The number of anilines is 4. The van der Waals surface area contributed by atoms with E-state index in [0.29, 0.717) is 17.1 Å². The van der Waals surface area contributed by atoms with Crippen molar-refractivity contribution in [2.45, 2.75) is 27.2 Å². The van der Waals surface area contributed by atoms with E-state index in [1.54, 1.807) is 30.5 Å². The Morgan fingerprint density at radius 1 is 0.966 bits per heavy atom. The molecule has 0 atom stereocenters. The molecule has 148 valence electrons. The zero-order valence-electron chi connectivity index (χ0n) is 16.7. The standard InChI is InChI=1S/C23H24N4O2/c1-4-17-8-5-7-15(2)22(17)27-23(29)18-11-12-24-21(13-18)26-20-10-6-9-19(14-20)25-16(3)28/h5-14H,4H2,1-3H3,(H,24,26)(H,25,28)(H,27,29). The van der Waals surface area contributed by atoms with Crippen LogP contribution in [0.3, 0.4) is 0 Å². The molecule has 6 nitrogen and oxygen atoms in total. The van der Waals surface area contributed by atoms with Gasteiger partial charge in [0.2, 0.25) is 5.91 Å². The summed E-state index contributed by atoms with van der Waals surface area (Å²) in [5.41, 5.74) is 4.93. The van der Waals surface area contributed by atoms with Gasteiger partial charge in [0, 0.05) is 35.7 Å². The smallest absolute Gasteiger partial charge is 0.255 e. The minimum atomic E-state index is -0.188. The van der Waals surface area contributed by atoms with Crippen LogP contribution in [-0.4, -0.2) is 16.8 Å². The van der Waals surface area contributed by atoms with E-state index >= 15 is 0 Å². The number of aryl methyl sites for hydroxylation is 2. The lowest BCUT2D eigenvalue weighted by atomic mass is 10.1. The van der Waals surface area contributed by atoms with Crippen LogP contribution in [0.15, 0.2) is 60.8 Å². The number of hydrogen-bond acceptors (Lipinski definition) is 4. The fourth-order valence-corrected chi connectivity index (χ4v) is 3.05. The highest BCUT2D eigenvalue weighted by Crippen LogP contribution is 2.23. The third-order valence-electron chi connectivity index (χ3n) is 4.46. The summed E-state index contributed by atoms with van der Waals surface area (Å²) in [7, 11) is 0. The van der Waals surface area contributed by atoms with E-state index in [9.17, 15) is 9.59 Å². The molecule has 0 bridgehead atoms. The molecular weight excluding hydrogens is 364 g/mol. The van der Waals surface area contributed by atoms with Gasteiger partial charge in [-0.1, -0.05) is 31.2 Å². The molecule has 0 aliphatic carbocycles. The molecule has 2 amide bonds. The lowest BCUT2D eigenvalue weighted by Gasteiger charge is -2.13. The van der Waals surface area contributed by atoms with Crippen molar-refractivity contribution in [2.24, 2.45) is 0 Å². The number of nitrogens with one attached hydrogen (secondary N) is 3. The second-order valence-electron chi connectivity index (χ2n) is 6.73. The molecule has 3 rings (SSSR count). The number of amides is 2. The molecular formula is C23H24N4O2. The first-order chi connectivity index (χ1) is 14.0. The Bertz CT molecular complexity index is 1050. The first-order valence-corrected chi connectivity index (χ1v) is 9.47. The number of benzene rings is 2. The topological polar surface area (TPSA) is 83.1 Å². The SMILES string of the molecule is CCc1cccc(C)c1NC(=O)c1ccnc(Nc2cccc(NC(C)=O)c2)c1. The van der Waals surface area contributed by atoms with Crippen molar-refractivity contribution >= 4 is 34.7 Å². The summed E-state index contributed by atoms with van der Waals surface area (Å²) in [6.45, 7) is 5.51. The second-order valence-corrected chi connectivity index (χ2v) is 6.73. The van der Waals surface area contributed by atoms with Gasteiger partial charge in [-0.2, -0.15) is 0 Å². The summed E-state index contributed by atoms with van der Waals surface area (Å²) in [5.74, 6) is 0.214. The maximum atomic E-state index is 12.8. The lowest BCUT2D eigenvalue weighted by molar-refractivity contribution is -0.114. The molecule has 1 heterocycles. The fraction of sp³-hybridized carbons (Fsp3) is 0.174. The molecule has 3 aromatic rings. The summed E-state index contributed by atoms with van der Waals surface area (Å²) >= 11 is 0. The summed E-state index contributed by atoms with van der Waals surface area (Å²) in [6.07, 6.45) is 2.43. The molecule has 0 aliphatic rings. The van der Waals surface area contributed by atoms with Crippen LogP contribution in [0.4, 0.5) is 22.9 Å². The number of rotatable bonds is 6. The number of hydrogen-bond donors (Lipinski definition) is 3. The van der Waals surface area contributed by atoms with Gasteiger partial charge in [0.15, 0.2) is 0 Å². The van der Waals surface area contributed by atoms with Crippen molar-refractivity contribution in [3.63, 3.8) is 0 Å². The van der Waals surface area contributed by atoms with E-state index in [4.69, 9.17) is 0 Å². The minimum absolute atomic E-state index is 0.137. The second kappa shape index (κ2) is 9.01. The van der Waals surface area contributed by atoms with Gasteiger partial charge in [0.25, 0.3) is 5.91 Å². The highest BCUT2D eigenvalue weighted by molar-refractivity contribution is 6.05. The Morgan fingerprint density at radius 2 is 1.72 bits per heavy atom. The van der Waals surface area contributed by atoms with Gasteiger partial charge in [0.1, 0.15) is 5.82 Å². The maximum Gasteiger partial charge on any atom is 0.255 e. The molecule has 0 spiro atoms. The summed E-state index contributed by atoms with van der Waals surface area (Å²) in [5, 5.41) is 8.93. The normalized spacial score (nSPS) is 10.3. The Hall–Kier alpha value is -3.67. The molecule has 6 heteroatoms. The van der Waals surface area contributed by atoms with Crippen molar-refractivity contribution < 1.29 is 9.59 Å². The number of para-hydroxylation sites is 1. The van der Waals surface area contributed by atoms with E-state index in [-0.39, 0.29) is 11.8 Å². The third kappa shape index (κ3) is 5.19. The molecule has 3 N–H and O–H groups in total. The van der Waals surface area contributed by atoms with E-state index in [2.05, 4.69) is 27.9 Å². The number of aromatic nitrogens is 1. The highest BCUT2D eigenvalue weighted by Gasteiger charge is 2.12. The van der Waals surface area contributed by atoms with E-state index in [1.165, 1.54) is 6.92 Å². The fourth-order valence-electron chi connectivity index (χ4n) is 3.05. The van der Waals surface area contributed by atoms with Crippen LogP contribution in [0.2, 0.25) is 0 Å². The van der Waals surface area contributed by atoms with Gasteiger partial charge in [-0.25, -0.2) is 4.98 Å². The largest absolute Gasteiger partial charge is 0.340 e. The molecule has 1 aromatic heterocycles. The first-order valence-electron chi connectivity index (χ1n) is 9.47. The van der Waals surface area contributed by atoms with Crippen molar-refractivity contribution in [3.8, 4) is 0 Å². The van der Waals surface area contributed by atoms with Gasteiger partial charge in [0.05, 0.1) is 0 Å². The minimum Gasteiger partial charge on any atom is -0.340 e. The third-order valence-corrected chi connectivity index (χ3v) is 4.46. The van der Waals surface area contributed by atoms with Crippen LogP contribution >= 0.6 is 0 Å². The average Bonchev–Trinajstić information content (AvgIpc) is 2.69. The quantitative estimate of drug-likeness (QED) is 0.560. The Morgan fingerprint density at radius 3 is 2.48 bits per heavy atom.